The van der Waals surface area contributed by atoms with Crippen LogP contribution < -0.4 is 16.2 Å². The average molecular weight is 208 g/mol. The molecular formula is C10H13FN4. The summed E-state index contributed by atoms with van der Waals surface area (Å²) in [6.45, 7) is 2.76. The molecule has 0 aliphatic carbocycles. The van der Waals surface area contributed by atoms with Crippen LogP contribution in [0.2, 0.25) is 0 Å². The number of hydrogen-bond donors (Lipinski definition) is 2. The number of halogens is 1. The number of anilines is 1. The third kappa shape index (κ3) is 1.84. The van der Waals surface area contributed by atoms with E-state index in [9.17, 15) is 4.39 Å². The Morgan fingerprint density at radius 1 is 1.60 bits per heavy atom. The van der Waals surface area contributed by atoms with Gasteiger partial charge in [0.15, 0.2) is 0 Å². The van der Waals surface area contributed by atoms with E-state index in [1.54, 1.807) is 11.1 Å². The van der Waals surface area contributed by atoms with E-state index in [1.165, 1.54) is 12.1 Å². The van der Waals surface area contributed by atoms with E-state index in [4.69, 9.17) is 5.73 Å². The third-order valence-corrected chi connectivity index (χ3v) is 2.37. The summed E-state index contributed by atoms with van der Waals surface area (Å²) >= 11 is 0. The van der Waals surface area contributed by atoms with Gasteiger partial charge in [-0.3, -0.25) is 10.0 Å². The maximum atomic E-state index is 13.1. The lowest BCUT2D eigenvalue weighted by Crippen LogP contribution is -2.36. The molecular weight excluding hydrogens is 195 g/mol. The van der Waals surface area contributed by atoms with Crippen LogP contribution in [-0.4, -0.2) is 12.5 Å². The van der Waals surface area contributed by atoms with Gasteiger partial charge in [0, 0.05) is 6.54 Å². The van der Waals surface area contributed by atoms with E-state index in [0.717, 1.165) is 17.1 Å². The van der Waals surface area contributed by atoms with Crippen molar-refractivity contribution in [1.29, 1.82) is 0 Å². The van der Waals surface area contributed by atoms with Crippen molar-refractivity contribution < 1.29 is 4.39 Å². The van der Waals surface area contributed by atoms with Gasteiger partial charge in [0.05, 0.1) is 5.69 Å². The minimum absolute atomic E-state index is 0.274. The molecule has 3 N–H and O–H groups in total. The van der Waals surface area contributed by atoms with E-state index in [1.807, 2.05) is 6.92 Å². The second kappa shape index (κ2) is 3.96. The first-order chi connectivity index (χ1) is 7.22. The second-order valence-corrected chi connectivity index (χ2v) is 3.33. The van der Waals surface area contributed by atoms with Gasteiger partial charge in [-0.15, -0.1) is 0 Å². The second-order valence-electron chi connectivity index (χ2n) is 3.33. The third-order valence-electron chi connectivity index (χ3n) is 2.37. The van der Waals surface area contributed by atoms with Crippen molar-refractivity contribution in [2.45, 2.75) is 13.5 Å². The van der Waals surface area contributed by atoms with E-state index < -0.39 is 0 Å². The van der Waals surface area contributed by atoms with Gasteiger partial charge in [-0.1, -0.05) is 6.07 Å². The molecule has 0 unspecified atom stereocenters. The fraction of sp³-hybridized carbons (Fsp3) is 0.300. The molecule has 0 bridgehead atoms. The Morgan fingerprint density at radius 3 is 3.00 bits per heavy atom. The normalized spacial score (nSPS) is 15.7. The molecule has 2 rings (SSSR count). The highest BCUT2D eigenvalue weighted by atomic mass is 19.1. The Hall–Kier alpha value is -1.46. The monoisotopic (exact) mass is 208 g/mol. The fourth-order valence-electron chi connectivity index (χ4n) is 1.58. The molecule has 0 saturated carbocycles. The summed E-state index contributed by atoms with van der Waals surface area (Å²) in [5, 5.41) is 1.76. The molecule has 0 radical (unpaired) electrons. The molecule has 0 saturated heterocycles. The quantitative estimate of drug-likeness (QED) is 0.762. The van der Waals surface area contributed by atoms with Crippen molar-refractivity contribution in [3.63, 3.8) is 0 Å². The summed E-state index contributed by atoms with van der Waals surface area (Å²) in [5.74, 6) is 0.541. The number of hydrogen-bond acceptors (Lipinski definition) is 4. The van der Waals surface area contributed by atoms with Gasteiger partial charge in [-0.25, -0.2) is 9.82 Å². The van der Waals surface area contributed by atoms with Gasteiger partial charge in [0.25, 0.3) is 0 Å². The number of aliphatic imine (C=N–C) groups is 1. The van der Waals surface area contributed by atoms with Gasteiger partial charge in [-0.05, 0) is 24.6 Å². The van der Waals surface area contributed by atoms with Crippen molar-refractivity contribution in [1.82, 2.24) is 5.43 Å². The molecule has 1 heterocycles. The van der Waals surface area contributed by atoms with Gasteiger partial charge >= 0.3 is 0 Å². The van der Waals surface area contributed by atoms with Crippen molar-refractivity contribution in [3.05, 3.63) is 29.6 Å². The SMILES string of the molecule is CC1=NCNN1c1cc(F)ccc1CN. The highest BCUT2D eigenvalue weighted by Gasteiger charge is 2.17. The Bertz CT molecular complexity index is 402. The zero-order chi connectivity index (χ0) is 10.8. The molecule has 1 aromatic rings. The van der Waals surface area contributed by atoms with E-state index in [0.29, 0.717) is 13.2 Å². The average Bonchev–Trinajstić information content (AvgIpc) is 2.64. The number of nitrogens with zero attached hydrogens (tertiary/aromatic N) is 2. The van der Waals surface area contributed by atoms with Crippen molar-refractivity contribution >= 4 is 11.5 Å². The van der Waals surface area contributed by atoms with Crippen molar-refractivity contribution in [2.75, 3.05) is 11.7 Å². The van der Waals surface area contributed by atoms with Crippen LogP contribution in [0.25, 0.3) is 0 Å². The molecule has 1 aliphatic heterocycles. The highest BCUT2D eigenvalue weighted by Crippen LogP contribution is 2.22. The molecule has 5 heteroatoms. The lowest BCUT2D eigenvalue weighted by atomic mass is 10.1. The molecule has 15 heavy (non-hydrogen) atoms. The Morgan fingerprint density at radius 2 is 2.40 bits per heavy atom. The van der Waals surface area contributed by atoms with Crippen molar-refractivity contribution in [2.24, 2.45) is 10.7 Å². The van der Waals surface area contributed by atoms with Gasteiger partial charge in [0.1, 0.15) is 18.3 Å². The molecule has 0 spiro atoms. The number of nitrogens with one attached hydrogen (secondary N) is 1. The van der Waals surface area contributed by atoms with E-state index in [-0.39, 0.29) is 5.82 Å². The standard InChI is InChI=1S/C10H13FN4/c1-7-13-6-14-15(7)10-4-9(11)3-2-8(10)5-12/h2-4,14H,5-6,12H2,1H3. The largest absolute Gasteiger partial charge is 0.326 e. The van der Waals surface area contributed by atoms with E-state index >= 15 is 0 Å². The Balaban J connectivity index is 2.41. The van der Waals surface area contributed by atoms with Crippen LogP contribution in [0.5, 0.6) is 0 Å². The van der Waals surface area contributed by atoms with Crippen LogP contribution in [0.3, 0.4) is 0 Å². The topological polar surface area (TPSA) is 53.7 Å². The predicted octanol–water partition coefficient (Wildman–Crippen LogP) is 0.985. The van der Waals surface area contributed by atoms with Gasteiger partial charge in [-0.2, -0.15) is 0 Å². The summed E-state index contributed by atoms with van der Waals surface area (Å²) in [6.07, 6.45) is 0. The van der Waals surface area contributed by atoms with E-state index in [2.05, 4.69) is 10.4 Å². The van der Waals surface area contributed by atoms with Crippen LogP contribution >= 0.6 is 0 Å². The minimum Gasteiger partial charge on any atom is -0.326 e. The summed E-state index contributed by atoms with van der Waals surface area (Å²) < 4.78 is 13.1. The summed E-state index contributed by atoms with van der Waals surface area (Å²) in [4.78, 5) is 4.17. The Kier molecular flexibility index (Phi) is 2.66. The lowest BCUT2D eigenvalue weighted by molar-refractivity contribution is 0.626. The minimum atomic E-state index is -0.274. The molecule has 4 nitrogen and oxygen atoms in total. The first-order valence-electron chi connectivity index (χ1n) is 4.75. The predicted molar refractivity (Wildman–Crippen MR) is 57.9 cm³/mol. The number of benzene rings is 1. The lowest BCUT2D eigenvalue weighted by Gasteiger charge is -2.21. The van der Waals surface area contributed by atoms with Crippen LogP contribution in [-0.2, 0) is 6.54 Å². The van der Waals surface area contributed by atoms with Crippen LogP contribution in [0.15, 0.2) is 23.2 Å². The molecule has 1 aliphatic rings. The number of nitrogens with two attached hydrogens (primary N) is 1. The molecule has 0 atom stereocenters. The molecule has 80 valence electrons. The van der Waals surface area contributed by atoms with Crippen LogP contribution in [0, 0.1) is 5.82 Å². The zero-order valence-electron chi connectivity index (χ0n) is 8.50. The molecule has 1 aromatic carbocycles. The molecule has 0 amide bonds. The first kappa shape index (κ1) is 10.1. The number of rotatable bonds is 2. The van der Waals surface area contributed by atoms with Crippen molar-refractivity contribution in [3.8, 4) is 0 Å². The summed E-state index contributed by atoms with van der Waals surface area (Å²) in [6, 6.07) is 4.56. The summed E-state index contributed by atoms with van der Waals surface area (Å²) in [7, 11) is 0. The summed E-state index contributed by atoms with van der Waals surface area (Å²) in [5.41, 5.74) is 10.3. The van der Waals surface area contributed by atoms with Crippen LogP contribution in [0.4, 0.5) is 10.1 Å². The molecule has 0 aromatic heterocycles. The smallest absolute Gasteiger partial charge is 0.125 e. The van der Waals surface area contributed by atoms with Gasteiger partial charge < -0.3 is 5.73 Å². The molecule has 0 fully saturated rings. The van der Waals surface area contributed by atoms with Crippen LogP contribution in [0.1, 0.15) is 12.5 Å². The number of hydrazine groups is 1. The highest BCUT2D eigenvalue weighted by molar-refractivity contribution is 5.97. The van der Waals surface area contributed by atoms with Gasteiger partial charge in [0.2, 0.25) is 0 Å². The fourth-order valence-corrected chi connectivity index (χ4v) is 1.58. The maximum absolute atomic E-state index is 13.1. The Labute approximate surface area is 87.6 Å². The zero-order valence-corrected chi connectivity index (χ0v) is 8.50. The maximum Gasteiger partial charge on any atom is 0.125 e. The first-order valence-corrected chi connectivity index (χ1v) is 4.75. The number of amidine groups is 1.